The molecule has 5 rings (SSSR count). The molecule has 1 N–H and O–H groups in total. The molecule has 2 aliphatic heterocycles. The van der Waals surface area contributed by atoms with Gasteiger partial charge in [0.2, 0.25) is 0 Å². The third-order valence-corrected chi connectivity index (χ3v) is 7.91. The van der Waals surface area contributed by atoms with E-state index < -0.39 is 42.6 Å². The first-order valence-electron chi connectivity index (χ1n) is 12.5. The second-order valence-electron chi connectivity index (χ2n) is 9.45. The van der Waals surface area contributed by atoms with Crippen LogP contribution in [-0.2, 0) is 15.1 Å². The van der Waals surface area contributed by atoms with E-state index in [0.29, 0.717) is 29.2 Å². The van der Waals surface area contributed by atoms with Gasteiger partial charge in [-0.1, -0.05) is 24.3 Å². The van der Waals surface area contributed by atoms with Crippen LogP contribution in [0.25, 0.3) is 0 Å². The molecule has 3 aromatic rings. The van der Waals surface area contributed by atoms with Gasteiger partial charge in [0.25, 0.3) is 11.8 Å². The van der Waals surface area contributed by atoms with Gasteiger partial charge in [0.05, 0.1) is 30.9 Å². The molecule has 1 aromatic heterocycles. The van der Waals surface area contributed by atoms with E-state index in [-0.39, 0.29) is 5.75 Å². The summed E-state index contributed by atoms with van der Waals surface area (Å²) in [6.07, 6.45) is 0.409. The number of halogens is 2. The minimum Gasteiger partial charge on any atom is -0.493 e. The highest BCUT2D eigenvalue weighted by Crippen LogP contribution is 2.38. The van der Waals surface area contributed by atoms with Crippen LogP contribution in [-0.4, -0.2) is 60.8 Å². The van der Waals surface area contributed by atoms with Crippen LogP contribution < -0.4 is 19.5 Å². The molecule has 0 saturated carbocycles. The van der Waals surface area contributed by atoms with Crippen LogP contribution in [0.4, 0.5) is 13.6 Å². The summed E-state index contributed by atoms with van der Waals surface area (Å²) in [5.74, 6) is -0.311. The number of imide groups is 1. The lowest BCUT2D eigenvalue weighted by Gasteiger charge is -2.25. The molecule has 0 bridgehead atoms. The van der Waals surface area contributed by atoms with E-state index >= 15 is 0 Å². The van der Waals surface area contributed by atoms with Crippen LogP contribution in [0.15, 0.2) is 65.1 Å². The number of rotatable bonds is 9. The van der Waals surface area contributed by atoms with Crippen LogP contribution >= 0.6 is 11.3 Å². The molecule has 0 aliphatic carbocycles. The second kappa shape index (κ2) is 11.2. The number of hydrogen-bond donors (Lipinski definition) is 1. The van der Waals surface area contributed by atoms with E-state index in [1.54, 1.807) is 12.1 Å². The number of carbonyl (C=O) groups is 3. The van der Waals surface area contributed by atoms with Crippen molar-refractivity contribution < 1.29 is 37.4 Å². The third-order valence-electron chi connectivity index (χ3n) is 6.99. The van der Waals surface area contributed by atoms with Gasteiger partial charge in [-0.15, -0.1) is 11.3 Å². The van der Waals surface area contributed by atoms with Gasteiger partial charge in [0, 0.05) is 6.42 Å². The fourth-order valence-electron chi connectivity index (χ4n) is 4.87. The molecular weight excluding hydrogens is 558 g/mol. The summed E-state index contributed by atoms with van der Waals surface area (Å²) >= 11 is 1.49. The van der Waals surface area contributed by atoms with Gasteiger partial charge in [-0.25, -0.2) is 9.80 Å². The number of carbonyl (C=O) groups excluding carboxylic acids is 3. The Kier molecular flexibility index (Phi) is 7.63. The quantitative estimate of drug-likeness (QED) is 0.371. The lowest BCUT2D eigenvalue weighted by Crippen LogP contribution is -2.43. The number of hydrogen-bond acceptors (Lipinski definition) is 8. The highest BCUT2D eigenvalue weighted by molar-refractivity contribution is 7.12. The van der Waals surface area contributed by atoms with Gasteiger partial charge in [0.15, 0.2) is 11.5 Å². The number of methoxy groups -OCH3 is 2. The summed E-state index contributed by atoms with van der Waals surface area (Å²) in [7, 11) is 3.04. The van der Waals surface area contributed by atoms with E-state index in [2.05, 4.69) is 15.2 Å². The molecule has 13 heteroatoms. The summed E-state index contributed by atoms with van der Waals surface area (Å²) in [5.41, 5.74) is 0.260. The van der Waals surface area contributed by atoms with Crippen molar-refractivity contribution >= 4 is 34.9 Å². The van der Waals surface area contributed by atoms with E-state index in [0.717, 1.165) is 15.3 Å². The summed E-state index contributed by atoms with van der Waals surface area (Å²) < 4.78 is 40.2. The average molecular weight is 585 g/mol. The zero-order chi connectivity index (χ0) is 29.3. The summed E-state index contributed by atoms with van der Waals surface area (Å²) in [4.78, 5) is 41.8. The lowest BCUT2D eigenvalue weighted by molar-refractivity contribution is -0.140. The van der Waals surface area contributed by atoms with Gasteiger partial charge in [0.1, 0.15) is 17.8 Å². The van der Waals surface area contributed by atoms with Gasteiger partial charge in [-0.05, 0) is 53.8 Å². The maximum atomic E-state index is 13.7. The Labute approximate surface area is 238 Å². The number of nitrogens with zero attached hydrogens (tertiary/aromatic N) is 3. The van der Waals surface area contributed by atoms with Crippen molar-refractivity contribution in [3.05, 3.63) is 76.0 Å². The van der Waals surface area contributed by atoms with Gasteiger partial charge in [-0.3, -0.25) is 14.5 Å². The van der Waals surface area contributed by atoms with Crippen LogP contribution in [0.3, 0.4) is 0 Å². The number of nitrogens with one attached hydrogen (secondary N) is 1. The highest BCUT2D eigenvalue weighted by Gasteiger charge is 2.50. The van der Waals surface area contributed by atoms with Crippen LogP contribution in [0.1, 0.15) is 35.4 Å². The number of hydrazone groups is 1. The minimum atomic E-state index is -3.00. The Hall–Kier alpha value is -4.52. The number of amides is 4. The van der Waals surface area contributed by atoms with Crippen molar-refractivity contribution in [3.63, 3.8) is 0 Å². The molecular formula is C28H26F2N4O6S. The minimum absolute atomic E-state index is 0.0919. The molecule has 214 valence electrons. The summed E-state index contributed by atoms with van der Waals surface area (Å²) in [6.45, 7) is -2.07. The zero-order valence-electron chi connectivity index (χ0n) is 22.3. The SMILES string of the molecule is COc1ccc([C@H]2CC(c3cccs3)=NN2C(=O)CN2C(=O)N[C@](C)(c3ccc(OC(F)F)cc3)C2=O)cc1OC. The number of urea groups is 1. The van der Waals surface area contributed by atoms with Crippen molar-refractivity contribution in [2.75, 3.05) is 20.8 Å². The molecule has 2 atom stereocenters. The summed E-state index contributed by atoms with van der Waals surface area (Å²) in [5, 5.41) is 10.4. The first-order chi connectivity index (χ1) is 19.6. The van der Waals surface area contributed by atoms with E-state index in [9.17, 15) is 23.2 Å². The van der Waals surface area contributed by atoms with E-state index in [1.807, 2.05) is 23.6 Å². The normalized spacial score (nSPS) is 20.3. The van der Waals surface area contributed by atoms with E-state index in [4.69, 9.17) is 9.47 Å². The van der Waals surface area contributed by atoms with Crippen LogP contribution in [0, 0.1) is 0 Å². The molecule has 1 fully saturated rings. The predicted octanol–water partition coefficient (Wildman–Crippen LogP) is 4.51. The number of thiophene rings is 1. The lowest BCUT2D eigenvalue weighted by atomic mass is 9.92. The number of benzene rings is 2. The average Bonchev–Trinajstić information content (AvgIpc) is 3.69. The molecule has 3 heterocycles. The van der Waals surface area contributed by atoms with Crippen molar-refractivity contribution in [1.29, 1.82) is 0 Å². The fraction of sp³-hybridized carbons (Fsp3) is 0.286. The number of ether oxygens (including phenoxy) is 3. The molecule has 41 heavy (non-hydrogen) atoms. The summed E-state index contributed by atoms with van der Waals surface area (Å²) in [6, 6.07) is 13.2. The van der Waals surface area contributed by atoms with Crippen LogP contribution in [0.2, 0.25) is 0 Å². The molecule has 4 amide bonds. The Morgan fingerprint density at radius 1 is 1.12 bits per heavy atom. The van der Waals surface area contributed by atoms with Gasteiger partial charge in [-0.2, -0.15) is 13.9 Å². The fourth-order valence-corrected chi connectivity index (χ4v) is 5.59. The molecule has 2 aromatic carbocycles. The molecule has 0 radical (unpaired) electrons. The van der Waals surface area contributed by atoms with Crippen molar-refractivity contribution in [3.8, 4) is 17.2 Å². The van der Waals surface area contributed by atoms with Gasteiger partial charge >= 0.3 is 12.6 Å². The van der Waals surface area contributed by atoms with E-state index in [1.165, 1.54) is 61.8 Å². The Balaban J connectivity index is 1.40. The predicted molar refractivity (Wildman–Crippen MR) is 145 cm³/mol. The topological polar surface area (TPSA) is 110 Å². The molecule has 0 unspecified atom stereocenters. The smallest absolute Gasteiger partial charge is 0.387 e. The standard InChI is InChI=1S/C28H26F2N4O6S/c1-28(17-7-9-18(10-8-17)40-26(29)30)25(36)33(27(37)31-28)15-24(35)34-20(14-19(32-34)23-5-4-12-41-23)16-6-11-21(38-2)22(13-16)39-3/h4-13,20,26H,14-15H2,1-3H3,(H,31,37)/t20-,28-/m1/s1. The Morgan fingerprint density at radius 2 is 1.85 bits per heavy atom. The first kappa shape index (κ1) is 28.0. The zero-order valence-corrected chi connectivity index (χ0v) is 23.1. The molecule has 2 aliphatic rings. The Bertz CT molecular complexity index is 1500. The second-order valence-corrected chi connectivity index (χ2v) is 10.4. The highest BCUT2D eigenvalue weighted by atomic mass is 32.1. The van der Waals surface area contributed by atoms with Gasteiger partial charge < -0.3 is 19.5 Å². The maximum absolute atomic E-state index is 13.7. The maximum Gasteiger partial charge on any atom is 0.387 e. The largest absolute Gasteiger partial charge is 0.493 e. The first-order valence-corrected chi connectivity index (χ1v) is 13.4. The monoisotopic (exact) mass is 584 g/mol. The number of alkyl halides is 2. The van der Waals surface area contributed by atoms with Crippen molar-refractivity contribution in [2.24, 2.45) is 5.10 Å². The molecule has 1 saturated heterocycles. The third kappa shape index (κ3) is 5.32. The van der Waals surface area contributed by atoms with Crippen molar-refractivity contribution in [2.45, 2.75) is 31.5 Å². The molecule has 0 spiro atoms. The molecule has 10 nitrogen and oxygen atoms in total. The van der Waals surface area contributed by atoms with Crippen molar-refractivity contribution in [1.82, 2.24) is 15.2 Å². The Morgan fingerprint density at radius 3 is 2.49 bits per heavy atom. The van der Waals surface area contributed by atoms with Crippen LogP contribution in [0.5, 0.6) is 17.2 Å².